The Morgan fingerprint density at radius 2 is 1.76 bits per heavy atom. The van der Waals surface area contributed by atoms with E-state index in [-0.39, 0.29) is 11.7 Å². The summed E-state index contributed by atoms with van der Waals surface area (Å²) in [6.45, 7) is 2.04. The van der Waals surface area contributed by atoms with Crippen LogP contribution in [0.1, 0.15) is 28.2 Å². The van der Waals surface area contributed by atoms with Crippen LogP contribution in [0, 0.1) is 6.92 Å². The fourth-order valence-electron chi connectivity index (χ4n) is 3.67. The zero-order valence-corrected chi connectivity index (χ0v) is 17.9. The molecule has 1 N–H and O–H groups in total. The Bertz CT molecular complexity index is 1210. The van der Waals surface area contributed by atoms with Gasteiger partial charge in [-0.05, 0) is 60.4 Å². The standard InChI is InChI=1S/C24H18Cl3NO/c1-14-11-18(25)7-4-16(14)12-20(17-6-9-21(26)22(27)13-17)19-8-5-15-3-2-10-28-23(15)24(19)29/h2-11,13,20,29H,12H2,1H3. The molecule has 0 fully saturated rings. The maximum atomic E-state index is 11.1. The molecule has 3 aromatic carbocycles. The summed E-state index contributed by atoms with van der Waals surface area (Å²) in [4.78, 5) is 4.37. The van der Waals surface area contributed by atoms with Crippen LogP contribution in [0.15, 0.2) is 66.9 Å². The van der Waals surface area contributed by atoms with Gasteiger partial charge in [0.05, 0.1) is 10.0 Å². The zero-order valence-electron chi connectivity index (χ0n) is 15.7. The SMILES string of the molecule is Cc1cc(Cl)ccc1CC(c1ccc(Cl)c(Cl)c1)c1ccc2cccnc2c1O. The van der Waals surface area contributed by atoms with Crippen molar-refractivity contribution in [2.24, 2.45) is 0 Å². The molecule has 0 aliphatic heterocycles. The first kappa shape index (κ1) is 20.0. The lowest BCUT2D eigenvalue weighted by molar-refractivity contribution is 0.469. The van der Waals surface area contributed by atoms with Crippen LogP contribution in [-0.2, 0) is 6.42 Å². The minimum atomic E-state index is -0.129. The molecule has 0 bridgehead atoms. The molecule has 5 heteroatoms. The number of aromatic nitrogens is 1. The van der Waals surface area contributed by atoms with Gasteiger partial charge in [-0.1, -0.05) is 65.1 Å². The lowest BCUT2D eigenvalue weighted by atomic mass is 9.84. The van der Waals surface area contributed by atoms with Gasteiger partial charge in [0.1, 0.15) is 11.3 Å². The summed E-state index contributed by atoms with van der Waals surface area (Å²) in [7, 11) is 0. The normalized spacial score (nSPS) is 12.3. The number of pyridine rings is 1. The van der Waals surface area contributed by atoms with Crippen molar-refractivity contribution in [1.82, 2.24) is 4.98 Å². The number of hydrogen-bond donors (Lipinski definition) is 1. The molecule has 1 atom stereocenters. The third-order valence-electron chi connectivity index (χ3n) is 5.23. The Morgan fingerprint density at radius 3 is 2.52 bits per heavy atom. The number of fused-ring (bicyclic) bond motifs is 1. The molecule has 0 spiro atoms. The van der Waals surface area contributed by atoms with Gasteiger partial charge < -0.3 is 5.11 Å². The van der Waals surface area contributed by atoms with E-state index in [9.17, 15) is 5.11 Å². The van der Waals surface area contributed by atoms with Crippen LogP contribution in [0.5, 0.6) is 5.75 Å². The molecule has 1 unspecified atom stereocenters. The topological polar surface area (TPSA) is 33.1 Å². The third-order valence-corrected chi connectivity index (χ3v) is 6.20. The molecular weight excluding hydrogens is 425 g/mol. The van der Waals surface area contributed by atoms with Crippen LogP contribution in [0.3, 0.4) is 0 Å². The number of aromatic hydroxyl groups is 1. The van der Waals surface area contributed by atoms with E-state index in [0.717, 1.165) is 27.6 Å². The number of halogens is 3. The van der Waals surface area contributed by atoms with Gasteiger partial charge in [0.15, 0.2) is 0 Å². The Labute approximate surface area is 184 Å². The molecule has 0 aliphatic rings. The summed E-state index contributed by atoms with van der Waals surface area (Å²) in [5.74, 6) is 0.0573. The maximum absolute atomic E-state index is 11.1. The van der Waals surface area contributed by atoms with Crippen molar-refractivity contribution in [3.8, 4) is 5.75 Å². The molecule has 1 heterocycles. The minimum Gasteiger partial charge on any atom is -0.505 e. The average Bonchev–Trinajstić information content (AvgIpc) is 2.71. The summed E-state index contributed by atoms with van der Waals surface area (Å²) >= 11 is 18.6. The second kappa shape index (κ2) is 8.23. The monoisotopic (exact) mass is 441 g/mol. The summed E-state index contributed by atoms with van der Waals surface area (Å²) in [6.07, 6.45) is 2.36. The predicted molar refractivity (Wildman–Crippen MR) is 122 cm³/mol. The first-order valence-electron chi connectivity index (χ1n) is 9.20. The highest BCUT2D eigenvalue weighted by Gasteiger charge is 2.22. The van der Waals surface area contributed by atoms with Crippen LogP contribution >= 0.6 is 34.8 Å². The molecule has 4 aromatic rings. The highest BCUT2D eigenvalue weighted by Crippen LogP contribution is 2.39. The first-order chi connectivity index (χ1) is 13.9. The fraction of sp³-hybridized carbons (Fsp3) is 0.125. The molecule has 29 heavy (non-hydrogen) atoms. The third kappa shape index (κ3) is 4.06. The molecule has 0 saturated carbocycles. The molecule has 0 saturated heterocycles. The Balaban J connectivity index is 1.88. The van der Waals surface area contributed by atoms with Crippen LogP contribution in [-0.4, -0.2) is 10.1 Å². The zero-order chi connectivity index (χ0) is 20.5. The molecule has 1 aromatic heterocycles. The Morgan fingerprint density at radius 1 is 0.931 bits per heavy atom. The fourth-order valence-corrected chi connectivity index (χ4v) is 4.20. The van der Waals surface area contributed by atoms with Gasteiger partial charge in [-0.15, -0.1) is 0 Å². The van der Waals surface area contributed by atoms with Gasteiger partial charge in [-0.25, -0.2) is 0 Å². The van der Waals surface area contributed by atoms with Gasteiger partial charge in [-0.2, -0.15) is 0 Å². The average molecular weight is 443 g/mol. The number of nitrogens with zero attached hydrogens (tertiary/aromatic N) is 1. The number of aryl methyl sites for hydroxylation is 1. The summed E-state index contributed by atoms with van der Waals surface area (Å²) < 4.78 is 0. The smallest absolute Gasteiger partial charge is 0.145 e. The maximum Gasteiger partial charge on any atom is 0.145 e. The molecule has 146 valence electrons. The van der Waals surface area contributed by atoms with Gasteiger partial charge in [0.2, 0.25) is 0 Å². The van der Waals surface area contributed by atoms with Gasteiger partial charge in [0, 0.05) is 28.1 Å². The largest absolute Gasteiger partial charge is 0.505 e. The highest BCUT2D eigenvalue weighted by atomic mass is 35.5. The van der Waals surface area contributed by atoms with Crippen molar-refractivity contribution < 1.29 is 5.11 Å². The number of hydrogen-bond acceptors (Lipinski definition) is 2. The molecular formula is C24H18Cl3NO. The van der Waals surface area contributed by atoms with Crippen molar-refractivity contribution in [3.63, 3.8) is 0 Å². The number of phenolic OH excluding ortho intramolecular Hbond substituents is 1. The van der Waals surface area contributed by atoms with Gasteiger partial charge >= 0.3 is 0 Å². The van der Waals surface area contributed by atoms with Crippen LogP contribution in [0.2, 0.25) is 15.1 Å². The molecule has 0 radical (unpaired) electrons. The lowest BCUT2D eigenvalue weighted by Gasteiger charge is -2.21. The van der Waals surface area contributed by atoms with E-state index in [1.807, 2.05) is 61.5 Å². The number of phenols is 1. The molecule has 2 nitrogen and oxygen atoms in total. The minimum absolute atomic E-state index is 0.129. The van der Waals surface area contributed by atoms with Crippen molar-refractivity contribution >= 4 is 45.7 Å². The van der Waals surface area contributed by atoms with E-state index in [0.29, 0.717) is 27.0 Å². The quantitative estimate of drug-likeness (QED) is 0.353. The summed E-state index contributed by atoms with van der Waals surface area (Å²) in [6, 6.07) is 19.2. The van der Waals surface area contributed by atoms with E-state index >= 15 is 0 Å². The van der Waals surface area contributed by atoms with Crippen molar-refractivity contribution in [3.05, 3.63) is 104 Å². The van der Waals surface area contributed by atoms with Crippen molar-refractivity contribution in [2.75, 3.05) is 0 Å². The van der Waals surface area contributed by atoms with Crippen LogP contribution in [0.4, 0.5) is 0 Å². The first-order valence-corrected chi connectivity index (χ1v) is 10.3. The summed E-state index contributed by atoms with van der Waals surface area (Å²) in [5, 5.41) is 13.6. The molecule has 0 amide bonds. The predicted octanol–water partition coefficient (Wildman–Crippen LogP) is 7.58. The van der Waals surface area contributed by atoms with E-state index < -0.39 is 0 Å². The van der Waals surface area contributed by atoms with Gasteiger partial charge in [-0.3, -0.25) is 4.98 Å². The van der Waals surface area contributed by atoms with Crippen LogP contribution < -0.4 is 0 Å². The number of rotatable bonds is 4. The van der Waals surface area contributed by atoms with E-state index in [4.69, 9.17) is 34.8 Å². The highest BCUT2D eigenvalue weighted by molar-refractivity contribution is 6.42. The van der Waals surface area contributed by atoms with Crippen molar-refractivity contribution in [2.45, 2.75) is 19.3 Å². The Kier molecular flexibility index (Phi) is 5.69. The van der Waals surface area contributed by atoms with Crippen molar-refractivity contribution in [1.29, 1.82) is 0 Å². The van der Waals surface area contributed by atoms with Gasteiger partial charge in [0.25, 0.3) is 0 Å². The van der Waals surface area contributed by atoms with E-state index in [2.05, 4.69) is 4.98 Å². The lowest BCUT2D eigenvalue weighted by Crippen LogP contribution is -2.07. The second-order valence-electron chi connectivity index (χ2n) is 7.08. The molecule has 0 aliphatic carbocycles. The Hall–Kier alpha value is -2.26. The van der Waals surface area contributed by atoms with E-state index in [1.54, 1.807) is 12.3 Å². The van der Waals surface area contributed by atoms with Crippen LogP contribution in [0.25, 0.3) is 10.9 Å². The molecule has 4 rings (SSSR count). The summed E-state index contributed by atoms with van der Waals surface area (Å²) in [5.41, 5.74) is 4.60. The van der Waals surface area contributed by atoms with E-state index in [1.165, 1.54) is 0 Å². The number of benzene rings is 3. The second-order valence-corrected chi connectivity index (χ2v) is 8.33.